The average Bonchev–Trinajstić information content (AvgIpc) is 2.58. The minimum Gasteiger partial charge on any atom is -0.444 e. The smallest absolute Gasteiger partial charge is 0.410 e. The maximum Gasteiger partial charge on any atom is 0.410 e. The van der Waals surface area contributed by atoms with Gasteiger partial charge in [0.25, 0.3) is 0 Å². The quantitative estimate of drug-likeness (QED) is 0.530. The van der Waals surface area contributed by atoms with Crippen LogP contribution in [0.25, 0.3) is 5.57 Å². The zero-order valence-electron chi connectivity index (χ0n) is 19.2. The fourth-order valence-electron chi connectivity index (χ4n) is 2.88. The van der Waals surface area contributed by atoms with Crippen molar-refractivity contribution in [3.05, 3.63) is 41.2 Å². The van der Waals surface area contributed by atoms with Crippen LogP contribution < -0.4 is 0 Å². The number of amides is 1. The maximum absolute atomic E-state index is 14.0. The molecule has 0 atom stereocenters. The Hall–Kier alpha value is -1.66. The number of rotatable bonds is 4. The summed E-state index contributed by atoms with van der Waals surface area (Å²) in [6.07, 6.45) is 2.45. The maximum atomic E-state index is 14.0. The summed E-state index contributed by atoms with van der Waals surface area (Å²) in [4.78, 5) is 14.0. The van der Waals surface area contributed by atoms with Gasteiger partial charge in [0.2, 0.25) is 0 Å². The van der Waals surface area contributed by atoms with E-state index < -0.39 is 13.9 Å². The van der Waals surface area contributed by atoms with E-state index in [1.807, 2.05) is 32.9 Å². The Kier molecular flexibility index (Phi) is 7.00. The van der Waals surface area contributed by atoms with Crippen LogP contribution >= 0.6 is 0 Å². The second kappa shape index (κ2) is 8.60. The number of ether oxygens (including phenoxy) is 1. The highest BCUT2D eigenvalue weighted by Gasteiger charge is 2.37. The van der Waals surface area contributed by atoms with Crippen molar-refractivity contribution >= 4 is 20.0 Å². The first-order valence-electron chi connectivity index (χ1n) is 10.3. The molecule has 2 rings (SSSR count). The Labute approximate surface area is 176 Å². The van der Waals surface area contributed by atoms with Crippen LogP contribution in [0.2, 0.25) is 18.1 Å². The molecule has 1 aromatic rings. The molecule has 4 nitrogen and oxygen atoms in total. The average molecular weight is 422 g/mol. The van der Waals surface area contributed by atoms with E-state index in [1.54, 1.807) is 11.0 Å². The molecule has 162 valence electrons. The second-order valence-corrected chi connectivity index (χ2v) is 15.1. The third kappa shape index (κ3) is 6.41. The van der Waals surface area contributed by atoms with Crippen molar-refractivity contribution in [1.29, 1.82) is 0 Å². The lowest BCUT2D eigenvalue weighted by atomic mass is 9.95. The number of hydrogen-bond acceptors (Lipinski definition) is 3. The fourth-order valence-corrected chi connectivity index (χ4v) is 3.83. The van der Waals surface area contributed by atoms with E-state index in [0.717, 1.165) is 16.7 Å². The van der Waals surface area contributed by atoms with E-state index in [-0.39, 0.29) is 16.9 Å². The Morgan fingerprint density at radius 2 is 1.83 bits per heavy atom. The molecule has 0 saturated heterocycles. The number of benzene rings is 1. The lowest BCUT2D eigenvalue weighted by Crippen LogP contribution is -2.40. The van der Waals surface area contributed by atoms with Gasteiger partial charge in [0.1, 0.15) is 11.4 Å². The summed E-state index contributed by atoms with van der Waals surface area (Å²) in [6.45, 7) is 18.1. The van der Waals surface area contributed by atoms with Gasteiger partial charge in [-0.1, -0.05) is 32.9 Å². The molecule has 0 fully saturated rings. The van der Waals surface area contributed by atoms with Crippen LogP contribution in [0.1, 0.15) is 59.1 Å². The molecule has 1 aliphatic rings. The van der Waals surface area contributed by atoms with Gasteiger partial charge in [-0.25, -0.2) is 9.18 Å². The third-order valence-corrected chi connectivity index (χ3v) is 10.1. The first-order valence-corrected chi connectivity index (χ1v) is 13.2. The normalized spacial score (nSPS) is 15.9. The van der Waals surface area contributed by atoms with Gasteiger partial charge >= 0.3 is 6.09 Å². The molecule has 0 N–H and O–H groups in total. The first kappa shape index (κ1) is 23.6. The molecule has 1 aromatic carbocycles. The molecule has 0 spiro atoms. The van der Waals surface area contributed by atoms with Crippen LogP contribution in [0.4, 0.5) is 9.18 Å². The summed E-state index contributed by atoms with van der Waals surface area (Å²) in [5, 5.41) is 0.0957. The van der Waals surface area contributed by atoms with Crippen LogP contribution in [0.3, 0.4) is 0 Å². The van der Waals surface area contributed by atoms with Crippen LogP contribution in [0.5, 0.6) is 0 Å². The minimum atomic E-state index is -1.94. The van der Waals surface area contributed by atoms with E-state index in [2.05, 4.69) is 33.9 Å². The van der Waals surface area contributed by atoms with E-state index in [9.17, 15) is 9.18 Å². The first-order chi connectivity index (χ1) is 13.2. The van der Waals surface area contributed by atoms with Gasteiger partial charge in [0, 0.05) is 13.1 Å². The Morgan fingerprint density at radius 3 is 2.34 bits per heavy atom. The lowest BCUT2D eigenvalue weighted by molar-refractivity contribution is 0.0270. The van der Waals surface area contributed by atoms with Gasteiger partial charge in [0.15, 0.2) is 8.32 Å². The summed E-state index contributed by atoms with van der Waals surface area (Å²) in [7, 11) is -1.94. The van der Waals surface area contributed by atoms with Crippen molar-refractivity contribution in [3.63, 3.8) is 0 Å². The van der Waals surface area contributed by atoms with Crippen molar-refractivity contribution in [1.82, 2.24) is 4.90 Å². The third-order valence-electron chi connectivity index (χ3n) is 5.67. The molecule has 29 heavy (non-hydrogen) atoms. The number of hydrogen-bond donors (Lipinski definition) is 0. The highest BCUT2D eigenvalue weighted by Crippen LogP contribution is 2.37. The van der Waals surface area contributed by atoms with Gasteiger partial charge in [-0.2, -0.15) is 0 Å². The molecule has 1 amide bonds. The van der Waals surface area contributed by atoms with Gasteiger partial charge in [0.05, 0.1) is 6.61 Å². The standard InChI is InChI=1S/C23H36FNO3Si/c1-22(2,3)28-21(26)25-13-11-17(12-14-25)20-10-9-19(24)15-18(20)16-27-29(7,8)23(4,5)6/h9-11,15H,12-14,16H2,1-8H3. The molecule has 1 aliphatic heterocycles. The van der Waals surface area contributed by atoms with E-state index >= 15 is 0 Å². The Morgan fingerprint density at radius 1 is 1.17 bits per heavy atom. The molecule has 6 heteroatoms. The summed E-state index contributed by atoms with van der Waals surface area (Å²) in [6, 6.07) is 4.89. The summed E-state index contributed by atoms with van der Waals surface area (Å²) >= 11 is 0. The zero-order chi connectivity index (χ0) is 22.0. The molecule has 0 saturated carbocycles. The lowest BCUT2D eigenvalue weighted by Gasteiger charge is -2.36. The number of carbonyl (C=O) groups excluding carboxylic acids is 1. The van der Waals surface area contributed by atoms with Crippen molar-refractivity contribution < 1.29 is 18.3 Å². The largest absolute Gasteiger partial charge is 0.444 e. The monoisotopic (exact) mass is 421 g/mol. The second-order valence-electron chi connectivity index (χ2n) is 10.3. The Bertz CT molecular complexity index is 775. The Balaban J connectivity index is 2.16. The fraction of sp³-hybridized carbons (Fsp3) is 0.609. The molecule has 0 aliphatic carbocycles. The molecule has 0 radical (unpaired) electrons. The minimum absolute atomic E-state index is 0.0957. The van der Waals surface area contributed by atoms with Gasteiger partial charge in [-0.05, 0) is 74.2 Å². The molecule has 1 heterocycles. The van der Waals surface area contributed by atoms with Crippen molar-refractivity contribution in [2.45, 2.75) is 78.3 Å². The van der Waals surface area contributed by atoms with Crippen molar-refractivity contribution in [2.75, 3.05) is 13.1 Å². The SMILES string of the molecule is CC(C)(C)OC(=O)N1CC=C(c2ccc(F)cc2CO[Si](C)(C)C(C)(C)C)CC1. The molecule has 0 unspecified atom stereocenters. The van der Waals surface area contributed by atoms with E-state index in [1.165, 1.54) is 6.07 Å². The van der Waals surface area contributed by atoms with E-state index in [4.69, 9.17) is 9.16 Å². The molecule has 0 bridgehead atoms. The topological polar surface area (TPSA) is 38.8 Å². The molecular weight excluding hydrogens is 385 g/mol. The van der Waals surface area contributed by atoms with Crippen LogP contribution in [-0.4, -0.2) is 38.0 Å². The van der Waals surface area contributed by atoms with Crippen molar-refractivity contribution in [2.24, 2.45) is 0 Å². The highest BCUT2D eigenvalue weighted by atomic mass is 28.4. The number of nitrogens with zero attached hydrogens (tertiary/aromatic N) is 1. The predicted octanol–water partition coefficient (Wildman–Crippen LogP) is 6.37. The van der Waals surface area contributed by atoms with Gasteiger partial charge in [-0.3, -0.25) is 0 Å². The highest BCUT2D eigenvalue weighted by molar-refractivity contribution is 6.74. The summed E-state index contributed by atoms with van der Waals surface area (Å²) in [5.41, 5.74) is 2.49. The molecular formula is C23H36FNO3Si. The van der Waals surface area contributed by atoms with Gasteiger partial charge in [-0.15, -0.1) is 0 Å². The molecule has 0 aromatic heterocycles. The van der Waals surface area contributed by atoms with Crippen LogP contribution in [0.15, 0.2) is 24.3 Å². The van der Waals surface area contributed by atoms with E-state index in [0.29, 0.717) is 26.1 Å². The van der Waals surface area contributed by atoms with Crippen LogP contribution in [-0.2, 0) is 15.8 Å². The van der Waals surface area contributed by atoms with Gasteiger partial charge < -0.3 is 14.1 Å². The summed E-state index contributed by atoms with van der Waals surface area (Å²) in [5.74, 6) is -0.255. The number of carbonyl (C=O) groups is 1. The van der Waals surface area contributed by atoms with Crippen molar-refractivity contribution in [3.8, 4) is 0 Å². The van der Waals surface area contributed by atoms with Crippen LogP contribution in [0, 0.1) is 5.82 Å². The predicted molar refractivity (Wildman–Crippen MR) is 119 cm³/mol. The zero-order valence-corrected chi connectivity index (χ0v) is 20.2. The number of halogens is 1. The summed E-state index contributed by atoms with van der Waals surface area (Å²) < 4.78 is 25.8.